The predicted molar refractivity (Wildman–Crippen MR) is 91.5 cm³/mol. The number of nitrogens with zero attached hydrogens (tertiary/aromatic N) is 2. The van der Waals surface area contributed by atoms with E-state index in [0.29, 0.717) is 17.8 Å². The number of aromatic nitrogens is 2. The van der Waals surface area contributed by atoms with E-state index in [1.165, 1.54) is 50.4 Å². The first kappa shape index (κ1) is 16.6. The number of hydrogen-bond donors (Lipinski definition) is 1. The highest BCUT2D eigenvalue weighted by Gasteiger charge is 2.57. The second-order valence-corrected chi connectivity index (χ2v) is 7.68. The summed E-state index contributed by atoms with van der Waals surface area (Å²) in [6.07, 6.45) is 6.14. The number of amides is 1. The minimum Gasteiger partial charge on any atom is -0.377 e. The van der Waals surface area contributed by atoms with Crippen molar-refractivity contribution in [1.82, 2.24) is 14.5 Å². The van der Waals surface area contributed by atoms with Crippen LogP contribution in [0.1, 0.15) is 42.6 Å². The topological polar surface area (TPSA) is 82.3 Å². The highest BCUT2D eigenvalue weighted by molar-refractivity contribution is 5.92. The molecule has 3 fully saturated rings. The van der Waals surface area contributed by atoms with Gasteiger partial charge in [0.05, 0.1) is 6.10 Å². The standard InChI is InChI=1S/C18H25N3O4/c1-20-12(9-13(22)21(2)18(20)24)17(23)19-15-11-7-8-25-16(11)14(15)10-5-3-4-6-10/h9-11,14-16H,3-8H2,1-2H3,(H,19,23)/t11-,14+,15+,16-/m0/s1. The average Bonchev–Trinajstić information content (AvgIpc) is 3.25. The molecule has 1 saturated heterocycles. The molecule has 0 aromatic carbocycles. The molecule has 3 aliphatic rings. The van der Waals surface area contributed by atoms with Gasteiger partial charge in [-0.1, -0.05) is 25.7 Å². The number of fused-ring (bicyclic) bond motifs is 1. The van der Waals surface area contributed by atoms with Gasteiger partial charge in [-0.05, 0) is 12.3 Å². The lowest BCUT2D eigenvalue weighted by Gasteiger charge is -2.50. The highest BCUT2D eigenvalue weighted by Crippen LogP contribution is 2.51. The lowest BCUT2D eigenvalue weighted by molar-refractivity contribution is -0.0785. The lowest BCUT2D eigenvalue weighted by atomic mass is 9.61. The van der Waals surface area contributed by atoms with Crippen molar-refractivity contribution < 1.29 is 9.53 Å². The fourth-order valence-corrected chi connectivity index (χ4v) is 5.04. The van der Waals surface area contributed by atoms with E-state index in [0.717, 1.165) is 17.6 Å². The van der Waals surface area contributed by atoms with Gasteiger partial charge >= 0.3 is 5.69 Å². The van der Waals surface area contributed by atoms with Crippen molar-refractivity contribution >= 4 is 5.91 Å². The summed E-state index contributed by atoms with van der Waals surface area (Å²) in [5.74, 6) is 0.994. The monoisotopic (exact) mass is 347 g/mol. The molecular weight excluding hydrogens is 322 g/mol. The number of carbonyl (C=O) groups is 1. The molecule has 1 aromatic heterocycles. The molecule has 0 radical (unpaired) electrons. The Morgan fingerprint density at radius 1 is 1.16 bits per heavy atom. The van der Waals surface area contributed by atoms with Crippen LogP contribution in [0.2, 0.25) is 0 Å². The van der Waals surface area contributed by atoms with E-state index in [1.54, 1.807) is 0 Å². The second-order valence-electron chi connectivity index (χ2n) is 7.68. The molecule has 2 aliphatic carbocycles. The maximum atomic E-state index is 12.8. The normalized spacial score (nSPS) is 31.6. The number of carbonyl (C=O) groups excluding carboxylic acids is 1. The molecule has 7 nitrogen and oxygen atoms in total. The third-order valence-corrected chi connectivity index (χ3v) is 6.44. The Kier molecular flexibility index (Phi) is 4.06. The lowest BCUT2D eigenvalue weighted by Crippen LogP contribution is -2.63. The molecule has 7 heteroatoms. The van der Waals surface area contributed by atoms with Gasteiger partial charge in [0.2, 0.25) is 0 Å². The molecule has 1 N–H and O–H groups in total. The SMILES string of the molecule is Cn1c(C(=O)N[C@@H]2[C@@H]3CCO[C@@H]3[C@@H]2C2CCCC2)cc(=O)n(C)c1=O. The van der Waals surface area contributed by atoms with E-state index in [2.05, 4.69) is 5.32 Å². The van der Waals surface area contributed by atoms with Crippen LogP contribution in [0.5, 0.6) is 0 Å². The van der Waals surface area contributed by atoms with Gasteiger partial charge in [-0.25, -0.2) is 4.79 Å². The van der Waals surface area contributed by atoms with Gasteiger partial charge in [0.25, 0.3) is 11.5 Å². The van der Waals surface area contributed by atoms with Crippen LogP contribution in [0.25, 0.3) is 0 Å². The molecule has 2 saturated carbocycles. The predicted octanol–water partition coefficient (Wildman–Crippen LogP) is 0.407. The second kappa shape index (κ2) is 6.12. The van der Waals surface area contributed by atoms with Crippen LogP contribution in [-0.4, -0.2) is 33.8 Å². The quantitative estimate of drug-likeness (QED) is 0.858. The first-order chi connectivity index (χ1) is 12.0. The minimum atomic E-state index is -0.485. The molecule has 4 atom stereocenters. The van der Waals surface area contributed by atoms with E-state index < -0.39 is 11.2 Å². The van der Waals surface area contributed by atoms with Crippen molar-refractivity contribution in [3.8, 4) is 0 Å². The van der Waals surface area contributed by atoms with Crippen LogP contribution in [0.15, 0.2) is 15.7 Å². The van der Waals surface area contributed by atoms with E-state index in [-0.39, 0.29) is 23.7 Å². The number of hydrogen-bond acceptors (Lipinski definition) is 4. The fourth-order valence-electron chi connectivity index (χ4n) is 5.04. The number of nitrogens with one attached hydrogen (secondary N) is 1. The maximum Gasteiger partial charge on any atom is 0.331 e. The summed E-state index contributed by atoms with van der Waals surface area (Å²) < 4.78 is 8.15. The molecule has 1 amide bonds. The summed E-state index contributed by atoms with van der Waals surface area (Å²) in [4.78, 5) is 36.7. The van der Waals surface area contributed by atoms with Crippen LogP contribution < -0.4 is 16.6 Å². The van der Waals surface area contributed by atoms with Crippen molar-refractivity contribution in [2.24, 2.45) is 31.8 Å². The van der Waals surface area contributed by atoms with Crippen molar-refractivity contribution in [1.29, 1.82) is 0 Å². The molecule has 4 rings (SSSR count). The smallest absolute Gasteiger partial charge is 0.331 e. The van der Waals surface area contributed by atoms with E-state index in [9.17, 15) is 14.4 Å². The van der Waals surface area contributed by atoms with Crippen LogP contribution in [0, 0.1) is 17.8 Å². The molecule has 1 aromatic rings. The van der Waals surface area contributed by atoms with E-state index in [4.69, 9.17) is 4.74 Å². The molecule has 2 heterocycles. The van der Waals surface area contributed by atoms with Gasteiger partial charge in [0, 0.05) is 44.6 Å². The Hall–Kier alpha value is -1.89. The summed E-state index contributed by atoms with van der Waals surface area (Å²) in [5, 5.41) is 3.12. The van der Waals surface area contributed by atoms with Crippen LogP contribution in [0.4, 0.5) is 0 Å². The van der Waals surface area contributed by atoms with Gasteiger partial charge in [-0.15, -0.1) is 0 Å². The summed E-state index contributed by atoms with van der Waals surface area (Å²) in [7, 11) is 2.93. The minimum absolute atomic E-state index is 0.0854. The zero-order valence-corrected chi connectivity index (χ0v) is 14.7. The van der Waals surface area contributed by atoms with Gasteiger partial charge in [0.15, 0.2) is 0 Å². The molecule has 0 spiro atoms. The Bertz CT molecular complexity index is 801. The Morgan fingerprint density at radius 3 is 2.60 bits per heavy atom. The Labute approximate surface area is 146 Å². The number of rotatable bonds is 3. The van der Waals surface area contributed by atoms with Crippen molar-refractivity contribution in [2.75, 3.05) is 6.61 Å². The molecule has 0 unspecified atom stereocenters. The van der Waals surface area contributed by atoms with Crippen LogP contribution in [0.3, 0.4) is 0 Å². The first-order valence-electron chi connectivity index (χ1n) is 9.18. The summed E-state index contributed by atoms with van der Waals surface area (Å²) in [6.45, 7) is 0.759. The fraction of sp³-hybridized carbons (Fsp3) is 0.722. The van der Waals surface area contributed by atoms with Gasteiger partial charge in [-0.3, -0.25) is 18.7 Å². The maximum absolute atomic E-state index is 12.8. The average molecular weight is 347 g/mol. The molecular formula is C18H25N3O4. The Morgan fingerprint density at radius 2 is 1.88 bits per heavy atom. The molecule has 1 aliphatic heterocycles. The highest BCUT2D eigenvalue weighted by atomic mass is 16.5. The van der Waals surface area contributed by atoms with Gasteiger partial charge in [-0.2, -0.15) is 0 Å². The third-order valence-electron chi connectivity index (χ3n) is 6.44. The molecule has 136 valence electrons. The summed E-state index contributed by atoms with van der Waals surface area (Å²) in [5.41, 5.74) is -0.822. The Balaban J connectivity index is 1.58. The largest absolute Gasteiger partial charge is 0.377 e. The molecule has 25 heavy (non-hydrogen) atoms. The molecule has 0 bridgehead atoms. The summed E-state index contributed by atoms with van der Waals surface area (Å²) >= 11 is 0. The van der Waals surface area contributed by atoms with Crippen molar-refractivity contribution in [3.63, 3.8) is 0 Å². The summed E-state index contributed by atoms with van der Waals surface area (Å²) in [6, 6.07) is 1.32. The van der Waals surface area contributed by atoms with Gasteiger partial charge < -0.3 is 10.1 Å². The number of ether oxygens (including phenoxy) is 1. The van der Waals surface area contributed by atoms with Crippen molar-refractivity contribution in [2.45, 2.75) is 44.2 Å². The zero-order chi connectivity index (χ0) is 17.7. The van der Waals surface area contributed by atoms with Gasteiger partial charge in [0.1, 0.15) is 5.69 Å². The van der Waals surface area contributed by atoms with Crippen LogP contribution >= 0.6 is 0 Å². The van der Waals surface area contributed by atoms with Crippen LogP contribution in [-0.2, 0) is 18.8 Å². The first-order valence-corrected chi connectivity index (χ1v) is 9.18. The van der Waals surface area contributed by atoms with Crippen molar-refractivity contribution in [3.05, 3.63) is 32.6 Å². The zero-order valence-electron chi connectivity index (χ0n) is 14.7. The van der Waals surface area contributed by atoms with E-state index >= 15 is 0 Å². The van der Waals surface area contributed by atoms with E-state index in [1.807, 2.05) is 0 Å². The third kappa shape index (κ3) is 2.56.